The van der Waals surface area contributed by atoms with Gasteiger partial charge in [0.2, 0.25) is 0 Å². The van der Waals surface area contributed by atoms with Crippen molar-refractivity contribution in [3.05, 3.63) is 52.8 Å². The van der Waals surface area contributed by atoms with E-state index < -0.39 is 0 Å². The van der Waals surface area contributed by atoms with Crippen molar-refractivity contribution in [3.63, 3.8) is 0 Å². The molecule has 0 saturated carbocycles. The lowest BCUT2D eigenvalue weighted by molar-refractivity contribution is 1.01. The Hall–Kier alpha value is -1.55. The lowest BCUT2D eigenvalue weighted by atomic mass is 10.2. The van der Waals surface area contributed by atoms with E-state index in [2.05, 4.69) is 32.3 Å². The van der Waals surface area contributed by atoms with Crippen molar-refractivity contribution in [2.75, 3.05) is 17.6 Å². The van der Waals surface area contributed by atoms with Gasteiger partial charge in [-0.3, -0.25) is 4.98 Å². The number of hydrogen-bond donors (Lipinski definition) is 2. The molecule has 0 aliphatic heterocycles. The van der Waals surface area contributed by atoms with Crippen molar-refractivity contribution >= 4 is 27.3 Å². The summed E-state index contributed by atoms with van der Waals surface area (Å²) in [6.45, 7) is 0.845. The summed E-state index contributed by atoms with van der Waals surface area (Å²) in [7, 11) is 0. The zero-order valence-corrected chi connectivity index (χ0v) is 10.9. The van der Waals surface area contributed by atoms with Gasteiger partial charge in [-0.05, 0) is 36.2 Å². The van der Waals surface area contributed by atoms with E-state index in [9.17, 15) is 0 Å². The molecule has 0 radical (unpaired) electrons. The van der Waals surface area contributed by atoms with E-state index in [1.807, 2.05) is 30.5 Å². The molecule has 2 rings (SSSR count). The highest BCUT2D eigenvalue weighted by Crippen LogP contribution is 2.22. The SMILES string of the molecule is Nc1cc(Br)ccc1NCCc1cccnc1. The van der Waals surface area contributed by atoms with Gasteiger partial charge in [-0.2, -0.15) is 0 Å². The average molecular weight is 292 g/mol. The number of hydrogen-bond acceptors (Lipinski definition) is 3. The van der Waals surface area contributed by atoms with Crippen LogP contribution in [0.1, 0.15) is 5.56 Å². The Balaban J connectivity index is 1.90. The summed E-state index contributed by atoms with van der Waals surface area (Å²) in [4.78, 5) is 4.08. The number of pyridine rings is 1. The molecule has 0 atom stereocenters. The van der Waals surface area contributed by atoms with Crippen molar-refractivity contribution in [3.8, 4) is 0 Å². The third-order valence-electron chi connectivity index (χ3n) is 2.47. The first-order valence-electron chi connectivity index (χ1n) is 5.43. The first kappa shape index (κ1) is 11.9. The molecule has 0 aliphatic carbocycles. The summed E-state index contributed by atoms with van der Waals surface area (Å²) in [6.07, 6.45) is 4.60. The normalized spacial score (nSPS) is 10.2. The molecule has 0 amide bonds. The average Bonchev–Trinajstić information content (AvgIpc) is 2.33. The molecule has 0 aliphatic rings. The van der Waals surface area contributed by atoms with Crippen molar-refractivity contribution in [2.45, 2.75) is 6.42 Å². The van der Waals surface area contributed by atoms with E-state index in [1.54, 1.807) is 6.20 Å². The molecular formula is C13H14BrN3. The van der Waals surface area contributed by atoms with Crippen LogP contribution in [-0.4, -0.2) is 11.5 Å². The lowest BCUT2D eigenvalue weighted by Gasteiger charge is -2.09. The number of nitrogens with one attached hydrogen (secondary N) is 1. The second-order valence-electron chi connectivity index (χ2n) is 3.77. The zero-order valence-electron chi connectivity index (χ0n) is 9.36. The first-order valence-corrected chi connectivity index (χ1v) is 6.23. The quantitative estimate of drug-likeness (QED) is 0.851. The fourth-order valence-corrected chi connectivity index (χ4v) is 1.96. The van der Waals surface area contributed by atoms with Gasteiger partial charge in [0.15, 0.2) is 0 Å². The fourth-order valence-electron chi connectivity index (χ4n) is 1.58. The van der Waals surface area contributed by atoms with Gasteiger partial charge < -0.3 is 11.1 Å². The maximum Gasteiger partial charge on any atom is 0.0574 e. The van der Waals surface area contributed by atoms with Crippen molar-refractivity contribution < 1.29 is 0 Å². The van der Waals surface area contributed by atoms with Gasteiger partial charge in [-0.15, -0.1) is 0 Å². The van der Waals surface area contributed by atoms with Gasteiger partial charge in [0.25, 0.3) is 0 Å². The monoisotopic (exact) mass is 291 g/mol. The molecule has 4 heteroatoms. The number of nitrogen functional groups attached to an aromatic ring is 1. The van der Waals surface area contributed by atoms with Crippen LogP contribution in [0.5, 0.6) is 0 Å². The number of rotatable bonds is 4. The van der Waals surface area contributed by atoms with Crippen molar-refractivity contribution in [2.24, 2.45) is 0 Å². The number of nitrogens with zero attached hydrogens (tertiary/aromatic N) is 1. The highest BCUT2D eigenvalue weighted by atomic mass is 79.9. The molecule has 1 aromatic heterocycles. The van der Waals surface area contributed by atoms with E-state index in [1.165, 1.54) is 5.56 Å². The highest BCUT2D eigenvalue weighted by Gasteiger charge is 1.99. The summed E-state index contributed by atoms with van der Waals surface area (Å²) in [6, 6.07) is 9.86. The Labute approximate surface area is 109 Å². The number of aromatic nitrogens is 1. The van der Waals surface area contributed by atoms with Crippen molar-refractivity contribution in [1.82, 2.24) is 4.98 Å². The third kappa shape index (κ3) is 3.46. The summed E-state index contributed by atoms with van der Waals surface area (Å²) in [5, 5.41) is 3.32. The fraction of sp³-hybridized carbons (Fsp3) is 0.154. The van der Waals surface area contributed by atoms with Crippen LogP contribution in [0, 0.1) is 0 Å². The highest BCUT2D eigenvalue weighted by molar-refractivity contribution is 9.10. The predicted octanol–water partition coefficient (Wildman–Crippen LogP) is 3.08. The topological polar surface area (TPSA) is 50.9 Å². The van der Waals surface area contributed by atoms with Crippen LogP contribution in [0.4, 0.5) is 11.4 Å². The molecule has 3 nitrogen and oxygen atoms in total. The Morgan fingerprint density at radius 1 is 1.29 bits per heavy atom. The Morgan fingerprint density at radius 2 is 2.18 bits per heavy atom. The maximum absolute atomic E-state index is 5.90. The number of nitrogens with two attached hydrogens (primary N) is 1. The van der Waals surface area contributed by atoms with Gasteiger partial charge >= 0.3 is 0 Å². The molecular weight excluding hydrogens is 278 g/mol. The standard InChI is InChI=1S/C13H14BrN3/c14-11-3-4-13(12(15)8-11)17-7-5-10-2-1-6-16-9-10/h1-4,6,8-9,17H,5,7,15H2. The van der Waals surface area contributed by atoms with Crippen LogP contribution in [0.15, 0.2) is 47.2 Å². The second-order valence-corrected chi connectivity index (χ2v) is 4.69. The number of benzene rings is 1. The molecule has 0 unspecified atom stereocenters. The van der Waals surface area contributed by atoms with E-state index in [-0.39, 0.29) is 0 Å². The maximum atomic E-state index is 5.90. The second kappa shape index (κ2) is 5.68. The van der Waals surface area contributed by atoms with E-state index in [4.69, 9.17) is 5.73 Å². The van der Waals surface area contributed by atoms with Gasteiger partial charge in [-0.1, -0.05) is 22.0 Å². The van der Waals surface area contributed by atoms with E-state index in [0.29, 0.717) is 0 Å². The predicted molar refractivity (Wildman–Crippen MR) is 75.0 cm³/mol. The zero-order chi connectivity index (χ0) is 12.1. The Bertz CT molecular complexity index is 485. The van der Waals surface area contributed by atoms with Gasteiger partial charge in [0.05, 0.1) is 11.4 Å². The Kier molecular flexibility index (Phi) is 3.98. The van der Waals surface area contributed by atoms with E-state index >= 15 is 0 Å². The number of halogens is 1. The van der Waals surface area contributed by atoms with Gasteiger partial charge in [0.1, 0.15) is 0 Å². The first-order chi connectivity index (χ1) is 8.25. The minimum absolute atomic E-state index is 0.755. The molecule has 1 heterocycles. The summed E-state index contributed by atoms with van der Waals surface area (Å²) >= 11 is 3.39. The van der Waals surface area contributed by atoms with Gasteiger partial charge in [-0.25, -0.2) is 0 Å². The molecule has 17 heavy (non-hydrogen) atoms. The van der Waals surface area contributed by atoms with Crippen LogP contribution < -0.4 is 11.1 Å². The van der Waals surface area contributed by atoms with Crippen LogP contribution in [-0.2, 0) is 6.42 Å². The largest absolute Gasteiger partial charge is 0.397 e. The van der Waals surface area contributed by atoms with Crippen LogP contribution >= 0.6 is 15.9 Å². The van der Waals surface area contributed by atoms with Crippen LogP contribution in [0.3, 0.4) is 0 Å². The van der Waals surface area contributed by atoms with Crippen LogP contribution in [0.25, 0.3) is 0 Å². The molecule has 1 aromatic carbocycles. The summed E-state index contributed by atoms with van der Waals surface area (Å²) < 4.78 is 0.993. The smallest absolute Gasteiger partial charge is 0.0574 e. The Morgan fingerprint density at radius 3 is 2.88 bits per heavy atom. The minimum atomic E-state index is 0.755. The molecule has 0 spiro atoms. The molecule has 3 N–H and O–H groups in total. The molecule has 0 fully saturated rings. The molecule has 2 aromatic rings. The van der Waals surface area contributed by atoms with E-state index in [0.717, 1.165) is 28.8 Å². The lowest BCUT2D eigenvalue weighted by Crippen LogP contribution is -2.06. The third-order valence-corrected chi connectivity index (χ3v) is 2.96. The molecule has 0 saturated heterocycles. The summed E-state index contributed by atoms with van der Waals surface area (Å²) in [5.74, 6) is 0. The molecule has 0 bridgehead atoms. The summed E-state index contributed by atoms with van der Waals surface area (Å²) in [5.41, 5.74) is 8.84. The molecule has 88 valence electrons. The van der Waals surface area contributed by atoms with Crippen LogP contribution in [0.2, 0.25) is 0 Å². The van der Waals surface area contributed by atoms with Gasteiger partial charge in [0, 0.05) is 23.4 Å². The minimum Gasteiger partial charge on any atom is -0.397 e. The number of anilines is 2. The van der Waals surface area contributed by atoms with Crippen molar-refractivity contribution in [1.29, 1.82) is 0 Å².